The Bertz CT molecular complexity index is 348. The van der Waals surface area contributed by atoms with Crippen LogP contribution in [0.2, 0.25) is 5.02 Å². The molecule has 0 saturated heterocycles. The molecule has 0 fully saturated rings. The number of hydrogen-bond acceptors (Lipinski definition) is 4. The molecule has 0 saturated carbocycles. The van der Waals surface area contributed by atoms with Gasteiger partial charge in [-0.05, 0) is 26.4 Å². The number of aromatic nitrogens is 2. The topological polar surface area (TPSA) is 59.1 Å². The number of hydrazine groups is 1. The second-order valence-corrected chi connectivity index (χ2v) is 4.64. The van der Waals surface area contributed by atoms with Gasteiger partial charge >= 0.3 is 0 Å². The summed E-state index contributed by atoms with van der Waals surface area (Å²) in [6, 6.07) is 0.0422. The van der Waals surface area contributed by atoms with E-state index in [1.54, 1.807) is 6.20 Å². The van der Waals surface area contributed by atoms with Crippen LogP contribution in [0.4, 0.5) is 0 Å². The smallest absolute Gasteiger partial charge is 0.0834 e. The van der Waals surface area contributed by atoms with Crippen molar-refractivity contribution in [3.63, 3.8) is 0 Å². The molecule has 1 aromatic rings. The fourth-order valence-corrected chi connectivity index (χ4v) is 2.39. The van der Waals surface area contributed by atoms with E-state index in [1.807, 2.05) is 11.6 Å². The van der Waals surface area contributed by atoms with Crippen molar-refractivity contribution in [2.75, 3.05) is 19.6 Å². The zero-order valence-electron chi connectivity index (χ0n) is 11.5. The summed E-state index contributed by atoms with van der Waals surface area (Å²) in [5.74, 6) is 5.66. The molecule has 104 valence electrons. The van der Waals surface area contributed by atoms with Crippen LogP contribution in [0.3, 0.4) is 0 Å². The molecule has 6 heteroatoms. The van der Waals surface area contributed by atoms with Crippen LogP contribution in [0.5, 0.6) is 0 Å². The second kappa shape index (κ2) is 7.74. The molecule has 0 aromatic carbocycles. The first-order valence-corrected chi connectivity index (χ1v) is 6.95. The average molecular weight is 274 g/mol. The number of halogens is 1. The summed E-state index contributed by atoms with van der Waals surface area (Å²) in [6.45, 7) is 10.3. The lowest BCUT2D eigenvalue weighted by Gasteiger charge is -2.23. The fourth-order valence-electron chi connectivity index (χ4n) is 2.12. The molecule has 18 heavy (non-hydrogen) atoms. The molecule has 1 atom stereocenters. The quantitative estimate of drug-likeness (QED) is 0.560. The molecule has 0 aliphatic carbocycles. The molecule has 0 aliphatic heterocycles. The summed E-state index contributed by atoms with van der Waals surface area (Å²) in [4.78, 5) is 2.37. The molecular weight excluding hydrogens is 250 g/mol. The monoisotopic (exact) mass is 273 g/mol. The van der Waals surface area contributed by atoms with Crippen LogP contribution >= 0.6 is 11.6 Å². The maximum absolute atomic E-state index is 6.19. The molecule has 1 rings (SSSR count). The minimum Gasteiger partial charge on any atom is -0.304 e. The van der Waals surface area contributed by atoms with Crippen LogP contribution in [0.15, 0.2) is 6.20 Å². The summed E-state index contributed by atoms with van der Waals surface area (Å²) in [5, 5.41) is 4.93. The SMILES string of the molecule is CCN(CC)CCC(NN)c1c(Cl)cnn1CC. The molecule has 0 bridgehead atoms. The van der Waals surface area contributed by atoms with Gasteiger partial charge in [0, 0.05) is 13.1 Å². The van der Waals surface area contributed by atoms with E-state index in [0.29, 0.717) is 5.02 Å². The summed E-state index contributed by atoms with van der Waals surface area (Å²) in [7, 11) is 0. The van der Waals surface area contributed by atoms with E-state index in [0.717, 1.165) is 38.3 Å². The van der Waals surface area contributed by atoms with Gasteiger partial charge in [-0.15, -0.1) is 0 Å². The molecule has 0 amide bonds. The van der Waals surface area contributed by atoms with E-state index in [-0.39, 0.29) is 6.04 Å². The van der Waals surface area contributed by atoms with Crippen molar-refractivity contribution in [3.8, 4) is 0 Å². The molecule has 1 aromatic heterocycles. The number of nitrogens with two attached hydrogens (primary N) is 1. The van der Waals surface area contributed by atoms with Crippen molar-refractivity contribution in [3.05, 3.63) is 16.9 Å². The Kier molecular flexibility index (Phi) is 6.63. The van der Waals surface area contributed by atoms with Gasteiger partial charge in [-0.3, -0.25) is 16.0 Å². The van der Waals surface area contributed by atoms with Crippen LogP contribution in [-0.4, -0.2) is 34.3 Å². The predicted octanol–water partition coefficient (Wildman–Crippen LogP) is 1.79. The summed E-state index contributed by atoms with van der Waals surface area (Å²) in [5.41, 5.74) is 3.83. The number of rotatable bonds is 8. The molecule has 1 unspecified atom stereocenters. The van der Waals surface area contributed by atoms with E-state index in [1.165, 1.54) is 0 Å². The third-order valence-electron chi connectivity index (χ3n) is 3.29. The first kappa shape index (κ1) is 15.4. The summed E-state index contributed by atoms with van der Waals surface area (Å²) in [6.07, 6.45) is 2.60. The Balaban J connectivity index is 2.73. The number of hydrogen-bond donors (Lipinski definition) is 2. The summed E-state index contributed by atoms with van der Waals surface area (Å²) >= 11 is 6.19. The number of nitrogens with one attached hydrogen (secondary N) is 1. The maximum Gasteiger partial charge on any atom is 0.0834 e. The van der Waals surface area contributed by atoms with Crippen LogP contribution in [0.1, 0.15) is 38.9 Å². The standard InChI is InChI=1S/C12H24ClN5/c1-4-17(5-2)8-7-11(16-14)12-10(13)9-15-18(12)6-3/h9,11,16H,4-8,14H2,1-3H3. The van der Waals surface area contributed by atoms with Crippen LogP contribution in [0, 0.1) is 0 Å². The highest BCUT2D eigenvalue weighted by molar-refractivity contribution is 6.31. The van der Waals surface area contributed by atoms with Crippen molar-refractivity contribution >= 4 is 11.6 Å². The number of nitrogens with zero attached hydrogens (tertiary/aromatic N) is 3. The Hall–Kier alpha value is -0.620. The lowest BCUT2D eigenvalue weighted by Crippen LogP contribution is -2.34. The van der Waals surface area contributed by atoms with Gasteiger partial charge in [0.1, 0.15) is 0 Å². The number of aryl methyl sites for hydroxylation is 1. The van der Waals surface area contributed by atoms with Gasteiger partial charge < -0.3 is 4.90 Å². The van der Waals surface area contributed by atoms with Gasteiger partial charge in [0.25, 0.3) is 0 Å². The molecule has 0 aliphatic rings. The lowest BCUT2D eigenvalue weighted by molar-refractivity contribution is 0.279. The lowest BCUT2D eigenvalue weighted by atomic mass is 10.1. The van der Waals surface area contributed by atoms with E-state index in [4.69, 9.17) is 17.4 Å². The van der Waals surface area contributed by atoms with Crippen molar-refractivity contribution in [1.82, 2.24) is 20.1 Å². The zero-order chi connectivity index (χ0) is 13.5. The fraction of sp³-hybridized carbons (Fsp3) is 0.750. The van der Waals surface area contributed by atoms with Gasteiger partial charge in [0.05, 0.1) is 23.0 Å². The van der Waals surface area contributed by atoms with E-state index in [9.17, 15) is 0 Å². The van der Waals surface area contributed by atoms with Gasteiger partial charge in [0.15, 0.2) is 0 Å². The minimum atomic E-state index is 0.0422. The van der Waals surface area contributed by atoms with Crippen LogP contribution in [0.25, 0.3) is 0 Å². The molecule has 0 spiro atoms. The highest BCUT2D eigenvalue weighted by Gasteiger charge is 2.19. The maximum atomic E-state index is 6.19. The van der Waals surface area contributed by atoms with Gasteiger partial charge in [-0.2, -0.15) is 5.10 Å². The van der Waals surface area contributed by atoms with E-state index >= 15 is 0 Å². The molecular formula is C12H24ClN5. The highest BCUT2D eigenvalue weighted by atomic mass is 35.5. The minimum absolute atomic E-state index is 0.0422. The Labute approximate surface area is 114 Å². The van der Waals surface area contributed by atoms with Crippen molar-refractivity contribution < 1.29 is 0 Å². The third-order valence-corrected chi connectivity index (χ3v) is 3.58. The first-order chi connectivity index (χ1) is 8.67. The zero-order valence-corrected chi connectivity index (χ0v) is 12.2. The van der Waals surface area contributed by atoms with Crippen LogP contribution < -0.4 is 11.3 Å². The van der Waals surface area contributed by atoms with Crippen LogP contribution in [-0.2, 0) is 6.54 Å². The van der Waals surface area contributed by atoms with E-state index in [2.05, 4.69) is 29.3 Å². The predicted molar refractivity (Wildman–Crippen MR) is 75.4 cm³/mol. The second-order valence-electron chi connectivity index (χ2n) is 4.23. The highest BCUT2D eigenvalue weighted by Crippen LogP contribution is 2.24. The van der Waals surface area contributed by atoms with Crippen molar-refractivity contribution in [2.24, 2.45) is 5.84 Å². The molecule has 3 N–H and O–H groups in total. The Morgan fingerprint density at radius 1 is 1.44 bits per heavy atom. The first-order valence-electron chi connectivity index (χ1n) is 6.57. The van der Waals surface area contributed by atoms with Gasteiger partial charge in [0.2, 0.25) is 0 Å². The average Bonchev–Trinajstić information content (AvgIpc) is 2.76. The normalized spacial score (nSPS) is 13.2. The third kappa shape index (κ3) is 3.68. The van der Waals surface area contributed by atoms with Gasteiger partial charge in [-0.1, -0.05) is 25.4 Å². The molecule has 5 nitrogen and oxygen atoms in total. The van der Waals surface area contributed by atoms with Crippen molar-refractivity contribution in [1.29, 1.82) is 0 Å². The Morgan fingerprint density at radius 2 is 2.11 bits per heavy atom. The Morgan fingerprint density at radius 3 is 2.61 bits per heavy atom. The summed E-state index contributed by atoms with van der Waals surface area (Å²) < 4.78 is 1.90. The largest absolute Gasteiger partial charge is 0.304 e. The van der Waals surface area contributed by atoms with Gasteiger partial charge in [-0.25, -0.2) is 0 Å². The molecule has 1 heterocycles. The molecule has 0 radical (unpaired) electrons. The van der Waals surface area contributed by atoms with Crippen molar-refractivity contribution in [2.45, 2.75) is 39.8 Å². The van der Waals surface area contributed by atoms with E-state index < -0.39 is 0 Å².